The summed E-state index contributed by atoms with van der Waals surface area (Å²) in [6.07, 6.45) is 2.96. The van der Waals surface area contributed by atoms with Crippen LogP contribution in [0, 0.1) is 6.92 Å². The van der Waals surface area contributed by atoms with Crippen LogP contribution in [0.1, 0.15) is 5.56 Å². The molecular formula is C11H17Cl2N3O2. The predicted molar refractivity (Wildman–Crippen MR) is 74.7 cm³/mol. The number of carbonyl (C=O) groups is 1. The summed E-state index contributed by atoms with van der Waals surface area (Å²) in [4.78, 5) is 15.8. The van der Waals surface area contributed by atoms with E-state index in [9.17, 15) is 4.79 Å². The first kappa shape index (κ1) is 17.1. The van der Waals surface area contributed by atoms with Gasteiger partial charge in [0.1, 0.15) is 6.10 Å². The van der Waals surface area contributed by atoms with Crippen LogP contribution in [0.5, 0.6) is 0 Å². The standard InChI is InChI=1S/C11H15N3O2.2ClH/c1-8-4-9(6-13-5-8)14-11(15)10-7-12-2-3-16-10;;/h4-6,10,12H,2-3,7H2,1H3,(H,14,15);2*1H. The highest BCUT2D eigenvalue weighted by atomic mass is 35.5. The van der Waals surface area contributed by atoms with Crippen LogP contribution in [0.4, 0.5) is 5.69 Å². The molecule has 18 heavy (non-hydrogen) atoms. The molecule has 0 radical (unpaired) electrons. The highest BCUT2D eigenvalue weighted by Gasteiger charge is 2.21. The van der Waals surface area contributed by atoms with E-state index in [1.807, 2.05) is 13.0 Å². The van der Waals surface area contributed by atoms with Gasteiger partial charge in [0.2, 0.25) is 0 Å². The maximum atomic E-state index is 11.8. The molecule has 2 heterocycles. The Kier molecular flexibility index (Phi) is 7.86. The molecule has 1 saturated heterocycles. The van der Waals surface area contributed by atoms with Crippen LogP contribution in [-0.4, -0.2) is 36.7 Å². The van der Waals surface area contributed by atoms with Crippen molar-refractivity contribution in [2.24, 2.45) is 0 Å². The molecule has 0 aliphatic carbocycles. The molecule has 2 N–H and O–H groups in total. The molecule has 1 aliphatic rings. The van der Waals surface area contributed by atoms with Crippen LogP contribution in [0.2, 0.25) is 0 Å². The van der Waals surface area contributed by atoms with E-state index in [0.717, 1.165) is 12.1 Å². The lowest BCUT2D eigenvalue weighted by molar-refractivity contribution is -0.128. The summed E-state index contributed by atoms with van der Waals surface area (Å²) in [6.45, 7) is 3.87. The number of halogens is 2. The fourth-order valence-electron chi connectivity index (χ4n) is 1.58. The number of hydrogen-bond acceptors (Lipinski definition) is 4. The van der Waals surface area contributed by atoms with Crippen molar-refractivity contribution in [3.8, 4) is 0 Å². The number of morpholine rings is 1. The van der Waals surface area contributed by atoms with Crippen molar-refractivity contribution in [3.63, 3.8) is 0 Å². The zero-order chi connectivity index (χ0) is 11.4. The highest BCUT2D eigenvalue weighted by molar-refractivity contribution is 5.94. The molecule has 102 valence electrons. The SMILES string of the molecule is Cc1cncc(NC(=O)C2CNCCO2)c1.Cl.Cl. The quantitative estimate of drug-likeness (QED) is 0.859. The van der Waals surface area contributed by atoms with Gasteiger partial charge in [-0.15, -0.1) is 24.8 Å². The Bertz CT molecular complexity index is 384. The molecule has 1 fully saturated rings. The molecule has 0 spiro atoms. The van der Waals surface area contributed by atoms with E-state index in [1.165, 1.54) is 0 Å². The molecule has 1 aliphatic heterocycles. The van der Waals surface area contributed by atoms with Gasteiger partial charge in [-0.2, -0.15) is 0 Å². The lowest BCUT2D eigenvalue weighted by atomic mass is 10.2. The number of nitrogens with one attached hydrogen (secondary N) is 2. The van der Waals surface area contributed by atoms with Gasteiger partial charge in [0.25, 0.3) is 5.91 Å². The maximum Gasteiger partial charge on any atom is 0.254 e. The molecule has 1 aromatic heterocycles. The highest BCUT2D eigenvalue weighted by Crippen LogP contribution is 2.08. The van der Waals surface area contributed by atoms with Gasteiger partial charge in [0.15, 0.2) is 0 Å². The first-order valence-electron chi connectivity index (χ1n) is 5.30. The van der Waals surface area contributed by atoms with Crippen LogP contribution < -0.4 is 10.6 Å². The molecular weight excluding hydrogens is 277 g/mol. The zero-order valence-corrected chi connectivity index (χ0v) is 11.6. The summed E-state index contributed by atoms with van der Waals surface area (Å²) in [5, 5.41) is 5.90. The van der Waals surface area contributed by atoms with E-state index in [-0.39, 0.29) is 30.7 Å². The Morgan fingerprint density at radius 2 is 2.28 bits per heavy atom. The third-order valence-corrected chi connectivity index (χ3v) is 2.36. The van der Waals surface area contributed by atoms with Crippen molar-refractivity contribution < 1.29 is 9.53 Å². The first-order chi connectivity index (χ1) is 7.75. The minimum atomic E-state index is -0.408. The van der Waals surface area contributed by atoms with Crippen LogP contribution in [-0.2, 0) is 9.53 Å². The van der Waals surface area contributed by atoms with Gasteiger partial charge in [0, 0.05) is 19.3 Å². The Morgan fingerprint density at radius 1 is 1.50 bits per heavy atom. The number of carbonyl (C=O) groups excluding carboxylic acids is 1. The van der Waals surface area contributed by atoms with Crippen molar-refractivity contribution in [2.45, 2.75) is 13.0 Å². The molecule has 7 heteroatoms. The topological polar surface area (TPSA) is 63.2 Å². The van der Waals surface area contributed by atoms with Gasteiger partial charge >= 0.3 is 0 Å². The van der Waals surface area contributed by atoms with E-state index in [2.05, 4.69) is 15.6 Å². The number of aryl methyl sites for hydroxylation is 1. The largest absolute Gasteiger partial charge is 0.366 e. The Morgan fingerprint density at radius 3 is 2.89 bits per heavy atom. The zero-order valence-electron chi connectivity index (χ0n) is 10.0. The number of nitrogens with zero attached hydrogens (tertiary/aromatic N) is 1. The minimum absolute atomic E-state index is 0. The molecule has 1 atom stereocenters. The van der Waals surface area contributed by atoms with Crippen LogP contribution in [0.25, 0.3) is 0 Å². The number of ether oxygens (including phenoxy) is 1. The molecule has 0 saturated carbocycles. The molecule has 5 nitrogen and oxygen atoms in total. The Labute approximate surface area is 119 Å². The second-order valence-corrected chi connectivity index (χ2v) is 3.80. The maximum absolute atomic E-state index is 11.8. The van der Waals surface area contributed by atoms with Crippen molar-refractivity contribution in [1.29, 1.82) is 0 Å². The molecule has 0 bridgehead atoms. The number of amides is 1. The number of anilines is 1. The summed E-state index contributed by atoms with van der Waals surface area (Å²) in [7, 11) is 0. The summed E-state index contributed by atoms with van der Waals surface area (Å²) in [5.74, 6) is -0.125. The van der Waals surface area contributed by atoms with E-state index >= 15 is 0 Å². The fourth-order valence-corrected chi connectivity index (χ4v) is 1.58. The van der Waals surface area contributed by atoms with E-state index in [0.29, 0.717) is 18.8 Å². The Hall–Kier alpha value is -0.880. The number of hydrogen-bond donors (Lipinski definition) is 2. The summed E-state index contributed by atoms with van der Waals surface area (Å²) in [5.41, 5.74) is 1.72. The van der Waals surface area contributed by atoms with Crippen molar-refractivity contribution >= 4 is 36.4 Å². The van der Waals surface area contributed by atoms with Gasteiger partial charge < -0.3 is 15.4 Å². The average molecular weight is 294 g/mol. The predicted octanol–water partition coefficient (Wildman–Crippen LogP) is 1.16. The summed E-state index contributed by atoms with van der Waals surface area (Å²) >= 11 is 0. The summed E-state index contributed by atoms with van der Waals surface area (Å²) < 4.78 is 5.35. The van der Waals surface area contributed by atoms with Crippen molar-refractivity contribution in [1.82, 2.24) is 10.3 Å². The summed E-state index contributed by atoms with van der Waals surface area (Å²) in [6, 6.07) is 1.88. The third kappa shape index (κ3) is 4.78. The van der Waals surface area contributed by atoms with Gasteiger partial charge in [0.05, 0.1) is 18.5 Å². The van der Waals surface area contributed by atoms with Gasteiger partial charge in [-0.25, -0.2) is 0 Å². The van der Waals surface area contributed by atoms with Crippen LogP contribution >= 0.6 is 24.8 Å². The number of pyridine rings is 1. The molecule has 0 aromatic carbocycles. The number of rotatable bonds is 2. The van der Waals surface area contributed by atoms with Crippen LogP contribution in [0.3, 0.4) is 0 Å². The minimum Gasteiger partial charge on any atom is -0.366 e. The second kappa shape index (κ2) is 8.26. The number of aromatic nitrogens is 1. The van der Waals surface area contributed by atoms with Gasteiger partial charge in [-0.1, -0.05) is 0 Å². The average Bonchev–Trinajstić information content (AvgIpc) is 2.30. The molecule has 2 rings (SSSR count). The normalized spacial score (nSPS) is 18.2. The smallest absolute Gasteiger partial charge is 0.254 e. The van der Waals surface area contributed by atoms with Gasteiger partial charge in [-0.3, -0.25) is 9.78 Å². The van der Waals surface area contributed by atoms with Gasteiger partial charge in [-0.05, 0) is 18.6 Å². The molecule has 1 amide bonds. The van der Waals surface area contributed by atoms with Crippen LogP contribution in [0.15, 0.2) is 18.5 Å². The molecule has 1 unspecified atom stereocenters. The van der Waals surface area contributed by atoms with E-state index in [1.54, 1.807) is 12.4 Å². The van der Waals surface area contributed by atoms with Crippen molar-refractivity contribution in [2.75, 3.05) is 25.0 Å². The Balaban J connectivity index is 0.00000144. The van der Waals surface area contributed by atoms with Crippen molar-refractivity contribution in [3.05, 3.63) is 24.0 Å². The fraction of sp³-hybridized carbons (Fsp3) is 0.455. The van der Waals surface area contributed by atoms with E-state index < -0.39 is 6.10 Å². The third-order valence-electron chi connectivity index (χ3n) is 2.36. The lowest BCUT2D eigenvalue weighted by Crippen LogP contribution is -2.45. The second-order valence-electron chi connectivity index (χ2n) is 3.80. The monoisotopic (exact) mass is 293 g/mol. The molecule has 1 aromatic rings. The lowest BCUT2D eigenvalue weighted by Gasteiger charge is -2.22. The first-order valence-corrected chi connectivity index (χ1v) is 5.30. The van der Waals surface area contributed by atoms with E-state index in [4.69, 9.17) is 4.74 Å².